The van der Waals surface area contributed by atoms with E-state index in [0.29, 0.717) is 13.1 Å². The van der Waals surface area contributed by atoms with Gasteiger partial charge >= 0.3 is 0 Å². The molecule has 2 fully saturated rings. The van der Waals surface area contributed by atoms with Crippen LogP contribution in [0, 0.1) is 11.3 Å². The van der Waals surface area contributed by atoms with Gasteiger partial charge in [0.1, 0.15) is 11.6 Å². The monoisotopic (exact) mass is 428 g/mol. The quantitative estimate of drug-likeness (QED) is 0.529. The molecule has 0 saturated carbocycles. The van der Waals surface area contributed by atoms with Crippen LogP contribution in [-0.4, -0.2) is 59.9 Å². The number of benzene rings is 2. The molecule has 0 aliphatic carbocycles. The number of carbonyl (C=O) groups is 1. The standard InChI is InChI=1S/C27H32N4O/c28-21-25(22-29-15-9-1-2-10-16-29)27(32)31-19-17-30(18-20-31)26(23-11-5-3-6-12-23)24-13-7-4-8-14-24/h3-8,11-14,22,26H,1-2,9-10,15-20H2/b25-22-. The molecular formula is C27H32N4O. The second-order valence-corrected chi connectivity index (χ2v) is 8.66. The second-order valence-electron chi connectivity index (χ2n) is 8.66. The lowest BCUT2D eigenvalue weighted by Crippen LogP contribution is -2.50. The fraction of sp³-hybridized carbons (Fsp3) is 0.407. The Morgan fingerprint density at radius 1 is 0.781 bits per heavy atom. The Kier molecular flexibility index (Phi) is 7.58. The van der Waals surface area contributed by atoms with E-state index >= 15 is 0 Å². The first-order valence-corrected chi connectivity index (χ1v) is 11.8. The molecule has 5 heteroatoms. The summed E-state index contributed by atoms with van der Waals surface area (Å²) in [4.78, 5) is 19.5. The summed E-state index contributed by atoms with van der Waals surface area (Å²) in [6, 6.07) is 23.4. The van der Waals surface area contributed by atoms with Gasteiger partial charge in [0, 0.05) is 45.5 Å². The van der Waals surface area contributed by atoms with E-state index in [-0.39, 0.29) is 17.5 Å². The number of carbonyl (C=O) groups excluding carboxylic acids is 1. The van der Waals surface area contributed by atoms with Crippen LogP contribution in [0.3, 0.4) is 0 Å². The lowest BCUT2D eigenvalue weighted by molar-refractivity contribution is -0.128. The van der Waals surface area contributed by atoms with E-state index in [0.717, 1.165) is 39.0 Å². The summed E-state index contributed by atoms with van der Waals surface area (Å²) >= 11 is 0. The molecule has 0 N–H and O–H groups in total. The molecule has 1 amide bonds. The lowest BCUT2D eigenvalue weighted by Gasteiger charge is -2.39. The number of nitrogens with zero attached hydrogens (tertiary/aromatic N) is 4. The summed E-state index contributed by atoms with van der Waals surface area (Å²) < 4.78 is 0. The number of amides is 1. The Balaban J connectivity index is 1.45. The number of hydrogen-bond donors (Lipinski definition) is 0. The van der Waals surface area contributed by atoms with Crippen molar-refractivity contribution in [3.8, 4) is 6.07 Å². The third-order valence-corrected chi connectivity index (χ3v) is 6.50. The Morgan fingerprint density at radius 2 is 1.31 bits per heavy atom. The molecular weight excluding hydrogens is 396 g/mol. The summed E-state index contributed by atoms with van der Waals surface area (Å²) in [6.07, 6.45) is 6.51. The van der Waals surface area contributed by atoms with E-state index in [2.05, 4.69) is 64.4 Å². The number of rotatable bonds is 5. The number of nitriles is 1. The van der Waals surface area contributed by atoms with E-state index in [4.69, 9.17) is 0 Å². The molecule has 4 rings (SSSR count). The predicted octanol–water partition coefficient (Wildman–Crippen LogP) is 4.20. The fourth-order valence-electron chi connectivity index (χ4n) is 4.78. The van der Waals surface area contributed by atoms with Crippen molar-refractivity contribution in [3.05, 3.63) is 83.6 Å². The zero-order valence-electron chi connectivity index (χ0n) is 18.7. The maximum atomic E-state index is 13.1. The van der Waals surface area contributed by atoms with Gasteiger partial charge in [-0.1, -0.05) is 73.5 Å². The molecule has 0 aromatic heterocycles. The number of piperazine rings is 1. The first-order chi connectivity index (χ1) is 15.8. The molecule has 2 aliphatic rings. The topological polar surface area (TPSA) is 50.6 Å². The van der Waals surface area contributed by atoms with Crippen molar-refractivity contribution in [2.24, 2.45) is 0 Å². The van der Waals surface area contributed by atoms with Gasteiger partial charge in [0.05, 0.1) is 6.04 Å². The van der Waals surface area contributed by atoms with Crippen molar-refractivity contribution >= 4 is 5.91 Å². The highest BCUT2D eigenvalue weighted by atomic mass is 16.2. The second kappa shape index (κ2) is 11.0. The molecule has 0 atom stereocenters. The normalized spacial score (nSPS) is 18.3. The molecule has 2 aliphatic heterocycles. The van der Waals surface area contributed by atoms with Crippen LogP contribution in [0.5, 0.6) is 0 Å². The van der Waals surface area contributed by atoms with Crippen LogP contribution in [0.1, 0.15) is 42.9 Å². The molecule has 0 radical (unpaired) electrons. The minimum absolute atomic E-state index is 0.132. The molecule has 2 saturated heterocycles. The van der Waals surface area contributed by atoms with E-state index in [1.807, 2.05) is 17.0 Å². The van der Waals surface area contributed by atoms with Crippen LogP contribution in [0.2, 0.25) is 0 Å². The molecule has 166 valence electrons. The van der Waals surface area contributed by atoms with Gasteiger partial charge in [0.25, 0.3) is 5.91 Å². The molecule has 0 spiro atoms. The highest BCUT2D eigenvalue weighted by molar-refractivity contribution is 5.97. The van der Waals surface area contributed by atoms with Crippen LogP contribution in [0.15, 0.2) is 72.4 Å². The minimum Gasteiger partial charge on any atom is -0.376 e. The van der Waals surface area contributed by atoms with Gasteiger partial charge in [-0.15, -0.1) is 0 Å². The van der Waals surface area contributed by atoms with Crippen LogP contribution < -0.4 is 0 Å². The third-order valence-electron chi connectivity index (χ3n) is 6.50. The molecule has 0 unspecified atom stereocenters. The Bertz CT molecular complexity index is 895. The lowest BCUT2D eigenvalue weighted by atomic mass is 9.96. The first-order valence-electron chi connectivity index (χ1n) is 11.8. The maximum Gasteiger partial charge on any atom is 0.266 e. The molecule has 2 heterocycles. The molecule has 5 nitrogen and oxygen atoms in total. The number of likely N-dealkylation sites (tertiary alicyclic amines) is 1. The average Bonchev–Trinajstić information content (AvgIpc) is 3.13. The van der Waals surface area contributed by atoms with Gasteiger partial charge in [-0.05, 0) is 24.0 Å². The summed E-state index contributed by atoms with van der Waals surface area (Å²) in [5.41, 5.74) is 2.79. The van der Waals surface area contributed by atoms with E-state index in [9.17, 15) is 10.1 Å². The van der Waals surface area contributed by atoms with E-state index < -0.39 is 0 Å². The van der Waals surface area contributed by atoms with E-state index in [1.165, 1.54) is 24.0 Å². The van der Waals surface area contributed by atoms with E-state index in [1.54, 1.807) is 6.20 Å². The first kappa shape index (κ1) is 22.1. The summed E-state index contributed by atoms with van der Waals surface area (Å²) in [7, 11) is 0. The zero-order chi connectivity index (χ0) is 22.2. The maximum absolute atomic E-state index is 13.1. The average molecular weight is 429 g/mol. The van der Waals surface area contributed by atoms with Gasteiger partial charge in [0.2, 0.25) is 0 Å². The van der Waals surface area contributed by atoms with Crippen molar-refractivity contribution in [2.45, 2.75) is 31.7 Å². The van der Waals surface area contributed by atoms with Crippen LogP contribution in [0.25, 0.3) is 0 Å². The van der Waals surface area contributed by atoms with Crippen LogP contribution in [-0.2, 0) is 4.79 Å². The third kappa shape index (κ3) is 5.38. The largest absolute Gasteiger partial charge is 0.376 e. The van der Waals surface area contributed by atoms with Gasteiger partial charge in [-0.25, -0.2) is 0 Å². The Morgan fingerprint density at radius 3 is 1.81 bits per heavy atom. The summed E-state index contributed by atoms with van der Waals surface area (Å²) in [5.74, 6) is -0.132. The summed E-state index contributed by atoms with van der Waals surface area (Å²) in [6.45, 7) is 4.69. The van der Waals surface area contributed by atoms with Crippen molar-refractivity contribution in [2.75, 3.05) is 39.3 Å². The van der Waals surface area contributed by atoms with Crippen molar-refractivity contribution in [3.63, 3.8) is 0 Å². The van der Waals surface area contributed by atoms with Gasteiger partial charge in [0.15, 0.2) is 0 Å². The molecule has 2 aromatic rings. The SMILES string of the molecule is N#C/C(=C/N1CCCCCC1)C(=O)N1CCN(C(c2ccccc2)c2ccccc2)CC1. The number of hydrogen-bond acceptors (Lipinski definition) is 4. The Hall–Kier alpha value is -3.10. The van der Waals surface area contributed by atoms with Crippen molar-refractivity contribution in [1.29, 1.82) is 5.26 Å². The summed E-state index contributed by atoms with van der Waals surface area (Å²) in [5, 5.41) is 9.66. The van der Waals surface area contributed by atoms with Gasteiger partial charge < -0.3 is 9.80 Å². The predicted molar refractivity (Wildman–Crippen MR) is 127 cm³/mol. The Labute approximate surface area is 191 Å². The van der Waals surface area contributed by atoms with Crippen molar-refractivity contribution < 1.29 is 4.79 Å². The molecule has 2 aromatic carbocycles. The molecule has 32 heavy (non-hydrogen) atoms. The van der Waals surface area contributed by atoms with Gasteiger partial charge in [-0.2, -0.15) is 5.26 Å². The van der Waals surface area contributed by atoms with Crippen LogP contribution >= 0.6 is 0 Å². The van der Waals surface area contributed by atoms with Crippen molar-refractivity contribution in [1.82, 2.24) is 14.7 Å². The minimum atomic E-state index is -0.132. The fourth-order valence-corrected chi connectivity index (χ4v) is 4.78. The van der Waals surface area contributed by atoms with Gasteiger partial charge in [-0.3, -0.25) is 9.69 Å². The van der Waals surface area contributed by atoms with Crippen LogP contribution in [0.4, 0.5) is 0 Å². The highest BCUT2D eigenvalue weighted by Gasteiger charge is 2.29. The highest BCUT2D eigenvalue weighted by Crippen LogP contribution is 2.29. The molecule has 0 bridgehead atoms. The smallest absolute Gasteiger partial charge is 0.266 e. The zero-order valence-corrected chi connectivity index (χ0v) is 18.7.